The van der Waals surface area contributed by atoms with Gasteiger partial charge in [0.1, 0.15) is 12.4 Å². The van der Waals surface area contributed by atoms with Gasteiger partial charge in [-0.05, 0) is 51.0 Å². The quantitative estimate of drug-likeness (QED) is 0.721. The minimum atomic E-state index is -3.53. The summed E-state index contributed by atoms with van der Waals surface area (Å²) in [4.78, 5) is 0.284. The van der Waals surface area contributed by atoms with Crippen molar-refractivity contribution in [1.29, 1.82) is 0 Å². The molecule has 2 atom stereocenters. The minimum absolute atomic E-state index is 0.133. The van der Waals surface area contributed by atoms with E-state index in [0.29, 0.717) is 32.1 Å². The molecular formula is C17H28N2O4S. The van der Waals surface area contributed by atoms with Crippen LogP contribution in [-0.4, -0.2) is 51.2 Å². The molecule has 0 aliphatic carbocycles. The second kappa shape index (κ2) is 8.80. The maximum absolute atomic E-state index is 12.9. The van der Waals surface area contributed by atoms with Crippen molar-refractivity contribution in [2.75, 3.05) is 26.4 Å². The molecule has 1 aromatic rings. The molecule has 0 spiro atoms. The first-order chi connectivity index (χ1) is 11.5. The summed E-state index contributed by atoms with van der Waals surface area (Å²) in [5.41, 5.74) is 6.00. The zero-order valence-electron chi connectivity index (χ0n) is 14.5. The fourth-order valence-corrected chi connectivity index (χ4v) is 4.73. The molecule has 1 fully saturated rings. The van der Waals surface area contributed by atoms with Gasteiger partial charge < -0.3 is 15.2 Å². The van der Waals surface area contributed by atoms with Gasteiger partial charge in [0.2, 0.25) is 10.0 Å². The molecule has 0 bridgehead atoms. The Morgan fingerprint density at radius 3 is 2.58 bits per heavy atom. The predicted octanol–water partition coefficient (Wildman–Crippen LogP) is 1.99. The Kier molecular flexibility index (Phi) is 7.03. The van der Waals surface area contributed by atoms with E-state index in [1.807, 2.05) is 13.8 Å². The van der Waals surface area contributed by atoms with Gasteiger partial charge in [-0.15, -0.1) is 0 Å². The highest BCUT2D eigenvalue weighted by Crippen LogP contribution is 2.27. The average molecular weight is 356 g/mol. The van der Waals surface area contributed by atoms with Crippen molar-refractivity contribution >= 4 is 10.0 Å². The van der Waals surface area contributed by atoms with E-state index in [4.69, 9.17) is 15.2 Å². The molecule has 2 N–H and O–H groups in total. The van der Waals surface area contributed by atoms with Crippen LogP contribution in [0.5, 0.6) is 5.75 Å². The van der Waals surface area contributed by atoms with Crippen LogP contribution >= 0.6 is 0 Å². The van der Waals surface area contributed by atoms with Crippen LogP contribution in [0, 0.1) is 0 Å². The third-order valence-corrected chi connectivity index (χ3v) is 6.17. The van der Waals surface area contributed by atoms with Gasteiger partial charge in [-0.1, -0.05) is 6.42 Å². The lowest BCUT2D eigenvalue weighted by Crippen LogP contribution is -2.51. The number of nitrogens with two attached hydrogens (primary N) is 1. The van der Waals surface area contributed by atoms with E-state index < -0.39 is 10.0 Å². The molecule has 0 radical (unpaired) electrons. The van der Waals surface area contributed by atoms with Crippen LogP contribution in [0.25, 0.3) is 0 Å². The van der Waals surface area contributed by atoms with Gasteiger partial charge in [-0.25, -0.2) is 8.42 Å². The van der Waals surface area contributed by atoms with Gasteiger partial charge in [-0.2, -0.15) is 4.31 Å². The zero-order valence-corrected chi connectivity index (χ0v) is 15.3. The van der Waals surface area contributed by atoms with Crippen molar-refractivity contribution in [2.45, 2.75) is 50.1 Å². The monoisotopic (exact) mass is 356 g/mol. The highest BCUT2D eigenvalue weighted by atomic mass is 32.2. The Hall–Kier alpha value is -1.15. The average Bonchev–Trinajstić information content (AvgIpc) is 2.59. The Morgan fingerprint density at radius 2 is 1.96 bits per heavy atom. The molecule has 2 unspecified atom stereocenters. The zero-order chi connectivity index (χ0) is 17.6. The first-order valence-electron chi connectivity index (χ1n) is 8.55. The third-order valence-electron chi connectivity index (χ3n) is 4.24. The highest BCUT2D eigenvalue weighted by molar-refractivity contribution is 7.89. The molecule has 0 amide bonds. The summed E-state index contributed by atoms with van der Waals surface area (Å²) in [5.74, 6) is 0.635. The second-order valence-electron chi connectivity index (χ2n) is 6.05. The summed E-state index contributed by atoms with van der Waals surface area (Å²) in [7, 11) is -3.53. The Bertz CT molecular complexity index is 602. The molecule has 1 aliphatic heterocycles. The Morgan fingerprint density at radius 1 is 1.25 bits per heavy atom. The van der Waals surface area contributed by atoms with Gasteiger partial charge >= 0.3 is 0 Å². The summed E-state index contributed by atoms with van der Waals surface area (Å²) < 4.78 is 38.1. The molecule has 7 heteroatoms. The molecule has 1 aliphatic rings. The number of hydrogen-bond donors (Lipinski definition) is 1. The molecule has 1 heterocycles. The molecule has 0 aromatic heterocycles. The molecule has 1 saturated heterocycles. The van der Waals surface area contributed by atoms with Gasteiger partial charge in [-0.3, -0.25) is 0 Å². The second-order valence-corrected chi connectivity index (χ2v) is 7.95. The maximum Gasteiger partial charge on any atom is 0.243 e. The molecule has 1 aromatic carbocycles. The Balaban J connectivity index is 2.08. The van der Waals surface area contributed by atoms with Gasteiger partial charge in [0.15, 0.2) is 0 Å². The summed E-state index contributed by atoms with van der Waals surface area (Å²) in [6.07, 6.45) is 2.71. The van der Waals surface area contributed by atoms with Crippen LogP contribution in [0.1, 0.15) is 33.1 Å². The number of piperidine rings is 1. The van der Waals surface area contributed by atoms with Crippen molar-refractivity contribution in [1.82, 2.24) is 4.31 Å². The van der Waals surface area contributed by atoms with E-state index in [9.17, 15) is 8.42 Å². The van der Waals surface area contributed by atoms with Crippen LogP contribution in [0.15, 0.2) is 29.2 Å². The SMILES string of the molecule is CCOCCOc1ccc(S(=O)(=O)N2CCCCC2C(C)N)cc1. The van der Waals surface area contributed by atoms with Crippen LogP contribution in [0.4, 0.5) is 0 Å². The van der Waals surface area contributed by atoms with Gasteiger partial charge in [0.25, 0.3) is 0 Å². The predicted molar refractivity (Wildman–Crippen MR) is 93.6 cm³/mol. The molecule has 6 nitrogen and oxygen atoms in total. The topological polar surface area (TPSA) is 81.9 Å². The molecule has 136 valence electrons. The largest absolute Gasteiger partial charge is 0.491 e. The van der Waals surface area contributed by atoms with Crippen molar-refractivity contribution < 1.29 is 17.9 Å². The fourth-order valence-electron chi connectivity index (χ4n) is 2.96. The normalized spacial score (nSPS) is 20.7. The van der Waals surface area contributed by atoms with Crippen LogP contribution in [0.2, 0.25) is 0 Å². The van der Waals surface area contributed by atoms with Gasteiger partial charge in [0, 0.05) is 25.2 Å². The van der Waals surface area contributed by atoms with Crippen LogP contribution in [0.3, 0.4) is 0 Å². The summed E-state index contributed by atoms with van der Waals surface area (Å²) in [5, 5.41) is 0. The molecule has 0 saturated carbocycles. The van der Waals surface area contributed by atoms with E-state index in [1.54, 1.807) is 28.6 Å². The first-order valence-corrected chi connectivity index (χ1v) is 9.99. The van der Waals surface area contributed by atoms with E-state index in [1.165, 1.54) is 0 Å². The van der Waals surface area contributed by atoms with E-state index in [0.717, 1.165) is 19.3 Å². The summed E-state index contributed by atoms with van der Waals surface area (Å²) >= 11 is 0. The lowest BCUT2D eigenvalue weighted by atomic mass is 10.00. The Labute approximate surface area is 145 Å². The van der Waals surface area contributed by atoms with Crippen LogP contribution in [-0.2, 0) is 14.8 Å². The van der Waals surface area contributed by atoms with Crippen molar-refractivity contribution in [3.8, 4) is 5.75 Å². The lowest BCUT2D eigenvalue weighted by molar-refractivity contribution is 0.110. The number of sulfonamides is 1. The van der Waals surface area contributed by atoms with Crippen molar-refractivity contribution in [2.24, 2.45) is 5.73 Å². The van der Waals surface area contributed by atoms with Crippen molar-refractivity contribution in [3.63, 3.8) is 0 Å². The fraction of sp³-hybridized carbons (Fsp3) is 0.647. The van der Waals surface area contributed by atoms with Crippen molar-refractivity contribution in [3.05, 3.63) is 24.3 Å². The lowest BCUT2D eigenvalue weighted by Gasteiger charge is -2.36. The third kappa shape index (κ3) is 4.69. The highest BCUT2D eigenvalue weighted by Gasteiger charge is 2.35. The summed E-state index contributed by atoms with van der Waals surface area (Å²) in [6.45, 7) is 5.93. The molecular weight excluding hydrogens is 328 g/mol. The van der Waals surface area contributed by atoms with E-state index in [-0.39, 0.29) is 17.0 Å². The van der Waals surface area contributed by atoms with E-state index in [2.05, 4.69) is 0 Å². The number of hydrogen-bond acceptors (Lipinski definition) is 5. The minimum Gasteiger partial charge on any atom is -0.491 e. The number of nitrogens with zero attached hydrogens (tertiary/aromatic N) is 1. The smallest absolute Gasteiger partial charge is 0.243 e. The van der Waals surface area contributed by atoms with Crippen LogP contribution < -0.4 is 10.5 Å². The number of ether oxygens (including phenoxy) is 2. The standard InChI is InChI=1S/C17H28N2O4S/c1-3-22-12-13-23-15-7-9-16(10-8-15)24(20,21)19-11-5-4-6-17(19)14(2)18/h7-10,14,17H,3-6,11-13,18H2,1-2H3. The number of benzene rings is 1. The summed E-state index contributed by atoms with van der Waals surface area (Å²) in [6, 6.07) is 6.25. The molecule has 24 heavy (non-hydrogen) atoms. The molecule has 2 rings (SSSR count). The van der Waals surface area contributed by atoms with Gasteiger partial charge in [0.05, 0.1) is 11.5 Å². The first kappa shape index (κ1) is 19.2. The maximum atomic E-state index is 12.9. The van der Waals surface area contributed by atoms with E-state index >= 15 is 0 Å². The number of rotatable bonds is 8.